The second-order valence-corrected chi connectivity index (χ2v) is 5.88. The Morgan fingerprint density at radius 2 is 1.95 bits per heavy atom. The maximum absolute atomic E-state index is 12.6. The van der Waals surface area contributed by atoms with Crippen LogP contribution in [0.4, 0.5) is 13.2 Å². The van der Waals surface area contributed by atoms with E-state index in [4.69, 9.17) is 23.2 Å². The van der Waals surface area contributed by atoms with Crippen molar-refractivity contribution < 1.29 is 13.2 Å². The van der Waals surface area contributed by atoms with Crippen LogP contribution in [0.1, 0.15) is 11.4 Å². The van der Waals surface area contributed by atoms with Crippen LogP contribution >= 0.6 is 34.5 Å². The first-order valence-electron chi connectivity index (χ1n) is 5.72. The maximum atomic E-state index is 12.6. The topological polar surface area (TPSA) is 52.2 Å². The summed E-state index contributed by atoms with van der Waals surface area (Å²) in [6.45, 7) is -0.157. The van der Waals surface area contributed by atoms with Gasteiger partial charge in [-0.05, 0) is 0 Å². The van der Waals surface area contributed by atoms with Crippen LogP contribution in [-0.2, 0) is 12.7 Å². The lowest BCUT2D eigenvalue weighted by Crippen LogP contribution is -2.16. The molecule has 0 amide bonds. The van der Waals surface area contributed by atoms with E-state index in [2.05, 4.69) is 10.1 Å². The number of halogens is 5. The molecule has 0 fully saturated rings. The summed E-state index contributed by atoms with van der Waals surface area (Å²) in [5.41, 5.74) is -1.29. The van der Waals surface area contributed by atoms with E-state index in [9.17, 15) is 18.0 Å². The van der Waals surface area contributed by atoms with Crippen LogP contribution in [0.5, 0.6) is 0 Å². The van der Waals surface area contributed by atoms with Crippen LogP contribution in [0.3, 0.4) is 0 Å². The molecule has 0 aliphatic rings. The van der Waals surface area contributed by atoms with Crippen molar-refractivity contribution in [1.29, 1.82) is 0 Å². The Bertz CT molecular complexity index is 914. The molecule has 0 spiro atoms. The number of thiazole rings is 1. The van der Waals surface area contributed by atoms with Crippen molar-refractivity contribution in [2.45, 2.75) is 12.7 Å². The van der Waals surface area contributed by atoms with Crippen molar-refractivity contribution in [2.75, 3.05) is 0 Å². The van der Waals surface area contributed by atoms with Crippen LogP contribution in [0.25, 0.3) is 4.96 Å². The maximum Gasteiger partial charge on any atom is 0.435 e. The van der Waals surface area contributed by atoms with Crippen LogP contribution in [0, 0.1) is 0 Å². The van der Waals surface area contributed by atoms with E-state index >= 15 is 0 Å². The van der Waals surface area contributed by atoms with E-state index in [0.29, 0.717) is 4.96 Å². The molecule has 3 aromatic heterocycles. The first kappa shape index (κ1) is 15.3. The van der Waals surface area contributed by atoms with Crippen molar-refractivity contribution in [3.8, 4) is 0 Å². The summed E-state index contributed by atoms with van der Waals surface area (Å²) in [5, 5.41) is 4.95. The SMILES string of the molecule is O=c1cc(Cn2nc(C(F)(F)F)cc2Cl)nc2scc(Cl)n12. The lowest BCUT2D eigenvalue weighted by molar-refractivity contribution is -0.141. The summed E-state index contributed by atoms with van der Waals surface area (Å²) in [5.74, 6) is 0. The first-order valence-corrected chi connectivity index (χ1v) is 7.35. The Kier molecular flexibility index (Phi) is 3.66. The lowest BCUT2D eigenvalue weighted by Gasteiger charge is -2.04. The monoisotopic (exact) mass is 368 g/mol. The predicted molar refractivity (Wildman–Crippen MR) is 75.7 cm³/mol. The Morgan fingerprint density at radius 3 is 2.59 bits per heavy atom. The zero-order valence-corrected chi connectivity index (χ0v) is 12.8. The van der Waals surface area contributed by atoms with Gasteiger partial charge in [-0.25, -0.2) is 14.1 Å². The Hall–Kier alpha value is -1.58. The third kappa shape index (κ3) is 2.71. The summed E-state index contributed by atoms with van der Waals surface area (Å²) in [6, 6.07) is 1.89. The van der Waals surface area contributed by atoms with Crippen LogP contribution in [0.2, 0.25) is 10.3 Å². The highest BCUT2D eigenvalue weighted by atomic mass is 35.5. The van der Waals surface area contributed by atoms with Gasteiger partial charge in [0.25, 0.3) is 5.56 Å². The molecule has 3 aromatic rings. The highest BCUT2D eigenvalue weighted by molar-refractivity contribution is 7.15. The number of hydrogen-bond acceptors (Lipinski definition) is 4. The summed E-state index contributed by atoms with van der Waals surface area (Å²) in [4.78, 5) is 16.4. The molecule has 0 unspecified atom stereocenters. The summed E-state index contributed by atoms with van der Waals surface area (Å²) >= 11 is 12.7. The second kappa shape index (κ2) is 5.25. The molecule has 0 radical (unpaired) electrons. The van der Waals surface area contributed by atoms with E-state index < -0.39 is 17.4 Å². The molecular weight excluding hydrogens is 364 g/mol. The van der Waals surface area contributed by atoms with Crippen LogP contribution in [0.15, 0.2) is 22.3 Å². The lowest BCUT2D eigenvalue weighted by atomic mass is 10.4. The molecule has 0 saturated carbocycles. The normalized spacial score (nSPS) is 12.2. The standard InChI is InChI=1S/C11H5Cl2F3N4OS/c12-7-2-6(11(14,15)16)18-19(7)3-5-1-9(21)20-8(13)4-22-10(20)17-5/h1-2,4H,3H2. The van der Waals surface area contributed by atoms with Gasteiger partial charge in [0.05, 0.1) is 12.2 Å². The largest absolute Gasteiger partial charge is 0.435 e. The second-order valence-electron chi connectivity index (χ2n) is 4.27. The van der Waals surface area contributed by atoms with Gasteiger partial charge in [-0.15, -0.1) is 11.3 Å². The number of alkyl halides is 3. The van der Waals surface area contributed by atoms with E-state index in [1.54, 1.807) is 0 Å². The predicted octanol–water partition coefficient (Wildman–Crippen LogP) is 3.33. The fraction of sp³-hybridized carbons (Fsp3) is 0.182. The minimum absolute atomic E-state index is 0.157. The zero-order chi connectivity index (χ0) is 16.1. The van der Waals surface area contributed by atoms with Crippen molar-refractivity contribution in [2.24, 2.45) is 0 Å². The van der Waals surface area contributed by atoms with E-state index in [-0.39, 0.29) is 22.5 Å². The van der Waals surface area contributed by atoms with Gasteiger partial charge < -0.3 is 0 Å². The van der Waals surface area contributed by atoms with Crippen LogP contribution in [-0.4, -0.2) is 19.2 Å². The molecule has 5 nitrogen and oxygen atoms in total. The number of fused-ring (bicyclic) bond motifs is 1. The molecule has 3 heterocycles. The van der Waals surface area contributed by atoms with Gasteiger partial charge in [-0.2, -0.15) is 18.3 Å². The van der Waals surface area contributed by atoms with Gasteiger partial charge in [-0.1, -0.05) is 23.2 Å². The Balaban J connectivity index is 2.00. The minimum Gasteiger partial charge on any atom is -0.269 e. The molecule has 0 aromatic carbocycles. The molecule has 22 heavy (non-hydrogen) atoms. The Morgan fingerprint density at radius 1 is 1.23 bits per heavy atom. The summed E-state index contributed by atoms with van der Waals surface area (Å²) < 4.78 is 39.9. The van der Waals surface area contributed by atoms with Gasteiger partial charge in [0.2, 0.25) is 0 Å². The third-order valence-corrected chi connectivity index (χ3v) is 4.29. The molecule has 0 bridgehead atoms. The van der Waals surface area contributed by atoms with E-state index in [1.165, 1.54) is 15.8 Å². The number of hydrogen-bond donors (Lipinski definition) is 0. The van der Waals surface area contributed by atoms with Gasteiger partial charge >= 0.3 is 6.18 Å². The van der Waals surface area contributed by atoms with Crippen LogP contribution < -0.4 is 5.56 Å². The number of aromatic nitrogens is 4. The van der Waals surface area contributed by atoms with Gasteiger partial charge in [-0.3, -0.25) is 4.79 Å². The molecule has 11 heteroatoms. The summed E-state index contributed by atoms with van der Waals surface area (Å²) in [6.07, 6.45) is -4.59. The fourth-order valence-corrected chi connectivity index (χ4v) is 3.13. The molecule has 0 saturated heterocycles. The van der Waals surface area contributed by atoms with Gasteiger partial charge in [0.15, 0.2) is 10.7 Å². The molecule has 0 aliphatic carbocycles. The number of nitrogens with zero attached hydrogens (tertiary/aromatic N) is 4. The zero-order valence-electron chi connectivity index (χ0n) is 10.4. The highest BCUT2D eigenvalue weighted by Crippen LogP contribution is 2.30. The molecule has 3 rings (SSSR count). The first-order chi connectivity index (χ1) is 10.3. The van der Waals surface area contributed by atoms with Gasteiger partial charge in [0.1, 0.15) is 10.3 Å². The average Bonchev–Trinajstić information content (AvgIpc) is 2.94. The van der Waals surface area contributed by atoms with E-state index in [1.807, 2.05) is 0 Å². The molecule has 0 atom stereocenters. The van der Waals surface area contributed by atoms with Crippen molar-refractivity contribution in [1.82, 2.24) is 19.2 Å². The minimum atomic E-state index is -4.59. The third-order valence-electron chi connectivity index (χ3n) is 2.75. The molecule has 116 valence electrons. The smallest absolute Gasteiger partial charge is 0.269 e. The highest BCUT2D eigenvalue weighted by Gasteiger charge is 2.34. The molecule has 0 aliphatic heterocycles. The van der Waals surface area contributed by atoms with Gasteiger partial charge in [0, 0.05) is 17.5 Å². The van der Waals surface area contributed by atoms with Crippen molar-refractivity contribution in [3.05, 3.63) is 49.6 Å². The van der Waals surface area contributed by atoms with Crippen molar-refractivity contribution >= 4 is 39.5 Å². The summed E-state index contributed by atoms with van der Waals surface area (Å²) in [7, 11) is 0. The quantitative estimate of drug-likeness (QED) is 0.697. The average molecular weight is 369 g/mol. The van der Waals surface area contributed by atoms with E-state index in [0.717, 1.165) is 22.1 Å². The van der Waals surface area contributed by atoms with Crippen molar-refractivity contribution in [3.63, 3.8) is 0 Å². The molecular formula is C11H5Cl2F3N4OS. The number of rotatable bonds is 2. The fourth-order valence-electron chi connectivity index (χ4n) is 1.81. The Labute approximate surface area is 134 Å². The molecule has 0 N–H and O–H groups in total.